The molecule has 0 aromatic carbocycles. The van der Waals surface area contributed by atoms with Crippen LogP contribution in [0.1, 0.15) is 0 Å². The number of rotatable bonds is 5. The third-order valence-corrected chi connectivity index (χ3v) is 6.85. The van der Waals surface area contributed by atoms with Crippen LogP contribution in [0.3, 0.4) is 0 Å². The summed E-state index contributed by atoms with van der Waals surface area (Å²) in [6, 6.07) is 2.98. The van der Waals surface area contributed by atoms with Crippen molar-refractivity contribution in [3.05, 3.63) is 43.1 Å². The molecule has 0 aliphatic carbocycles. The Morgan fingerprint density at radius 3 is 1.56 bits per heavy atom. The number of hydrogen-bond donors (Lipinski definition) is 0. The zero-order valence-electron chi connectivity index (χ0n) is 8.47. The quantitative estimate of drug-likeness (QED) is 0.460. The van der Waals surface area contributed by atoms with E-state index < -0.39 is 9.85 Å². The summed E-state index contributed by atoms with van der Waals surface area (Å²) in [4.78, 5) is 20.1. The van der Waals surface area contributed by atoms with Crippen LogP contribution in [0.5, 0.6) is 0 Å². The molecule has 0 spiro atoms. The summed E-state index contributed by atoms with van der Waals surface area (Å²) in [6.45, 7) is 0. The first-order valence-corrected chi connectivity index (χ1v) is 8.27. The molecule has 0 fully saturated rings. The number of hydrogen-bond acceptors (Lipinski definition) is 8. The van der Waals surface area contributed by atoms with Gasteiger partial charge in [-0.15, -0.1) is 22.7 Å². The van der Waals surface area contributed by atoms with E-state index in [4.69, 9.17) is 0 Å². The van der Waals surface area contributed by atoms with Gasteiger partial charge in [0, 0.05) is 12.1 Å². The maximum atomic E-state index is 10.5. The second-order valence-corrected chi connectivity index (χ2v) is 7.48. The fourth-order valence-corrected chi connectivity index (χ4v) is 5.34. The monoisotopic (exact) mass is 320 g/mol. The van der Waals surface area contributed by atoms with E-state index in [1.54, 1.807) is 0 Å². The molecule has 2 rings (SSSR count). The van der Waals surface area contributed by atoms with Crippen molar-refractivity contribution in [2.75, 3.05) is 0 Å². The van der Waals surface area contributed by atoms with Crippen LogP contribution < -0.4 is 0 Å². The first-order chi connectivity index (χ1) is 8.56. The minimum atomic E-state index is -0.443. The molecule has 0 aliphatic heterocycles. The SMILES string of the molecule is O=[N+]([O-])c1csc(SSc2cc([N+](=O)[O-])cs2)c1. The maximum Gasteiger partial charge on any atom is 0.281 e. The highest BCUT2D eigenvalue weighted by Gasteiger charge is 2.13. The lowest BCUT2D eigenvalue weighted by Crippen LogP contribution is -1.82. The Balaban J connectivity index is 1.97. The first-order valence-electron chi connectivity index (χ1n) is 4.36. The summed E-state index contributed by atoms with van der Waals surface area (Å²) < 4.78 is 1.59. The van der Waals surface area contributed by atoms with Crippen LogP contribution in [0, 0.1) is 20.2 Å². The van der Waals surface area contributed by atoms with Crippen molar-refractivity contribution in [1.82, 2.24) is 0 Å². The van der Waals surface area contributed by atoms with Crippen molar-refractivity contribution >= 4 is 55.6 Å². The fourth-order valence-electron chi connectivity index (χ4n) is 0.975. The topological polar surface area (TPSA) is 86.3 Å². The van der Waals surface area contributed by atoms with E-state index in [1.807, 2.05) is 0 Å². The molecule has 0 N–H and O–H groups in total. The summed E-state index contributed by atoms with van der Waals surface area (Å²) >= 11 is 2.56. The molecule has 94 valence electrons. The van der Waals surface area contributed by atoms with Gasteiger partial charge in [0.2, 0.25) is 0 Å². The van der Waals surface area contributed by atoms with Gasteiger partial charge in [-0.05, 0) is 21.6 Å². The lowest BCUT2D eigenvalue weighted by molar-refractivity contribution is -0.384. The average Bonchev–Trinajstić information content (AvgIpc) is 2.95. The van der Waals surface area contributed by atoms with Gasteiger partial charge in [0.15, 0.2) is 0 Å². The molecule has 10 heteroatoms. The summed E-state index contributed by atoms with van der Waals surface area (Å²) in [7, 11) is 2.71. The Bertz CT molecular complexity index is 541. The van der Waals surface area contributed by atoms with Crippen molar-refractivity contribution < 1.29 is 9.85 Å². The third-order valence-electron chi connectivity index (χ3n) is 1.75. The summed E-state index contributed by atoms with van der Waals surface area (Å²) in [6.07, 6.45) is 0. The van der Waals surface area contributed by atoms with Gasteiger partial charge in [0.1, 0.15) is 0 Å². The molecular formula is C8H4N2O4S4. The minimum Gasteiger partial charge on any atom is -0.258 e. The molecule has 0 saturated heterocycles. The molecule has 0 saturated carbocycles. The van der Waals surface area contributed by atoms with Gasteiger partial charge < -0.3 is 0 Å². The second kappa shape index (κ2) is 5.69. The van der Waals surface area contributed by atoms with Gasteiger partial charge in [0.05, 0.1) is 29.0 Å². The molecule has 0 aliphatic rings. The molecule has 0 unspecified atom stereocenters. The molecule has 0 bridgehead atoms. The Labute approximate surface area is 117 Å². The molecule has 0 amide bonds. The predicted molar refractivity (Wildman–Crippen MR) is 73.7 cm³/mol. The highest BCUT2D eigenvalue weighted by Crippen LogP contribution is 2.44. The largest absolute Gasteiger partial charge is 0.281 e. The highest BCUT2D eigenvalue weighted by molar-refractivity contribution is 8.77. The fraction of sp³-hybridized carbons (Fsp3) is 0. The van der Waals surface area contributed by atoms with E-state index in [-0.39, 0.29) is 11.4 Å². The van der Waals surface area contributed by atoms with E-state index in [1.165, 1.54) is 67.2 Å². The van der Waals surface area contributed by atoms with Gasteiger partial charge >= 0.3 is 0 Å². The minimum absolute atomic E-state index is 0.0697. The molecule has 0 radical (unpaired) electrons. The van der Waals surface area contributed by atoms with E-state index >= 15 is 0 Å². The zero-order chi connectivity index (χ0) is 13.1. The summed E-state index contributed by atoms with van der Waals surface area (Å²) in [5, 5.41) is 23.9. The van der Waals surface area contributed by atoms with Gasteiger partial charge in [-0.25, -0.2) is 0 Å². The first kappa shape index (κ1) is 13.3. The predicted octanol–water partition coefficient (Wildman–Crippen LogP) is 4.43. The normalized spacial score (nSPS) is 10.4. The van der Waals surface area contributed by atoms with Crippen LogP contribution in [0.4, 0.5) is 11.4 Å². The number of thiophene rings is 2. The number of nitro groups is 2. The molecule has 18 heavy (non-hydrogen) atoms. The van der Waals surface area contributed by atoms with Crippen LogP contribution >= 0.6 is 44.3 Å². The van der Waals surface area contributed by atoms with Crippen LogP contribution in [0.15, 0.2) is 31.3 Å². The summed E-state index contributed by atoms with van der Waals surface area (Å²) in [5.74, 6) is 0. The van der Waals surface area contributed by atoms with E-state index in [9.17, 15) is 20.2 Å². The van der Waals surface area contributed by atoms with E-state index in [0.717, 1.165) is 8.42 Å². The third kappa shape index (κ3) is 3.22. The molecule has 0 atom stereocenters. The summed E-state index contributed by atoms with van der Waals surface area (Å²) in [5.41, 5.74) is 0.139. The Hall–Kier alpha value is -1.10. The van der Waals surface area contributed by atoms with Crippen LogP contribution in [0.25, 0.3) is 0 Å². The second-order valence-electron chi connectivity index (χ2n) is 2.93. The zero-order valence-corrected chi connectivity index (χ0v) is 11.7. The van der Waals surface area contributed by atoms with Crippen LogP contribution in [-0.2, 0) is 0 Å². The maximum absolute atomic E-state index is 10.5. The standard InChI is InChI=1S/C8H4N2O4S4/c11-9(12)5-1-7(15-3-5)17-18-8-2-6(4-16-8)10(13)14/h1-4H. The molecule has 2 aromatic heterocycles. The van der Waals surface area contributed by atoms with Crippen molar-refractivity contribution in [3.63, 3.8) is 0 Å². The highest BCUT2D eigenvalue weighted by atomic mass is 33.1. The Morgan fingerprint density at radius 2 is 1.28 bits per heavy atom. The van der Waals surface area contributed by atoms with E-state index in [0.29, 0.717) is 0 Å². The van der Waals surface area contributed by atoms with Crippen molar-refractivity contribution in [2.24, 2.45) is 0 Å². The smallest absolute Gasteiger partial charge is 0.258 e. The lowest BCUT2D eigenvalue weighted by atomic mass is 10.6. The van der Waals surface area contributed by atoms with Crippen molar-refractivity contribution in [2.45, 2.75) is 8.42 Å². The molecule has 2 aromatic rings. The van der Waals surface area contributed by atoms with Crippen LogP contribution in [-0.4, -0.2) is 9.85 Å². The van der Waals surface area contributed by atoms with Crippen molar-refractivity contribution in [3.8, 4) is 0 Å². The van der Waals surface area contributed by atoms with Gasteiger partial charge in [-0.2, -0.15) is 0 Å². The van der Waals surface area contributed by atoms with Gasteiger partial charge in [0.25, 0.3) is 11.4 Å². The number of nitrogens with zero attached hydrogens (tertiary/aromatic N) is 2. The lowest BCUT2D eigenvalue weighted by Gasteiger charge is -1.91. The van der Waals surface area contributed by atoms with Gasteiger partial charge in [-0.1, -0.05) is 0 Å². The van der Waals surface area contributed by atoms with Crippen molar-refractivity contribution in [1.29, 1.82) is 0 Å². The molecule has 2 heterocycles. The van der Waals surface area contributed by atoms with Gasteiger partial charge in [-0.3, -0.25) is 20.2 Å². The average molecular weight is 320 g/mol. The molecule has 6 nitrogen and oxygen atoms in total. The molecular weight excluding hydrogens is 316 g/mol. The van der Waals surface area contributed by atoms with E-state index in [2.05, 4.69) is 0 Å². The Morgan fingerprint density at radius 1 is 0.889 bits per heavy atom. The van der Waals surface area contributed by atoms with Crippen LogP contribution in [0.2, 0.25) is 0 Å². The Kier molecular flexibility index (Phi) is 4.22.